The smallest absolute Gasteiger partial charge is 0.128 e. The van der Waals surface area contributed by atoms with Crippen LogP contribution in [0.1, 0.15) is 58.6 Å². The average Bonchev–Trinajstić information content (AvgIpc) is 2.46. The fraction of sp³-hybridized carbons (Fsp3) is 0.722. The van der Waals surface area contributed by atoms with Crippen molar-refractivity contribution >= 4 is 5.82 Å². The molecular formula is C18H31N3. The minimum atomic E-state index is 0.131. The van der Waals surface area contributed by atoms with Crippen molar-refractivity contribution in [3.63, 3.8) is 0 Å². The molecule has 0 radical (unpaired) electrons. The molecule has 0 atom stereocenters. The predicted octanol–water partition coefficient (Wildman–Crippen LogP) is 3.99. The van der Waals surface area contributed by atoms with Crippen molar-refractivity contribution < 1.29 is 0 Å². The fourth-order valence-corrected chi connectivity index (χ4v) is 2.98. The van der Waals surface area contributed by atoms with E-state index in [0.29, 0.717) is 0 Å². The van der Waals surface area contributed by atoms with Crippen molar-refractivity contribution in [1.82, 2.24) is 10.3 Å². The van der Waals surface area contributed by atoms with Gasteiger partial charge in [-0.15, -0.1) is 0 Å². The molecule has 118 valence electrons. The SMILES string of the molecule is CN(CC1CCCCC1)c1cccc(CNC(C)(C)C)n1. The summed E-state index contributed by atoms with van der Waals surface area (Å²) < 4.78 is 0. The van der Waals surface area contributed by atoms with Gasteiger partial charge in [-0.25, -0.2) is 4.98 Å². The van der Waals surface area contributed by atoms with E-state index in [9.17, 15) is 0 Å². The third-order valence-corrected chi connectivity index (χ3v) is 4.24. The molecule has 1 aromatic heterocycles. The van der Waals surface area contributed by atoms with Gasteiger partial charge in [0.25, 0.3) is 0 Å². The monoisotopic (exact) mass is 289 g/mol. The summed E-state index contributed by atoms with van der Waals surface area (Å²) in [5.41, 5.74) is 1.25. The van der Waals surface area contributed by atoms with Gasteiger partial charge in [0.2, 0.25) is 0 Å². The molecule has 0 unspecified atom stereocenters. The van der Waals surface area contributed by atoms with Crippen LogP contribution in [0.4, 0.5) is 5.82 Å². The Kier molecular flexibility index (Phi) is 5.63. The van der Waals surface area contributed by atoms with Crippen molar-refractivity contribution in [2.24, 2.45) is 5.92 Å². The molecule has 0 amide bonds. The molecule has 1 aliphatic rings. The van der Waals surface area contributed by atoms with Gasteiger partial charge < -0.3 is 10.2 Å². The molecule has 1 heterocycles. The summed E-state index contributed by atoms with van der Waals surface area (Å²) in [4.78, 5) is 7.13. The van der Waals surface area contributed by atoms with E-state index in [2.05, 4.69) is 56.2 Å². The Labute approximate surface area is 130 Å². The van der Waals surface area contributed by atoms with Crippen molar-refractivity contribution in [1.29, 1.82) is 0 Å². The van der Waals surface area contributed by atoms with Gasteiger partial charge in [-0.3, -0.25) is 0 Å². The van der Waals surface area contributed by atoms with Crippen LogP contribution in [0.5, 0.6) is 0 Å². The number of aromatic nitrogens is 1. The van der Waals surface area contributed by atoms with Crippen molar-refractivity contribution in [2.45, 2.75) is 65.0 Å². The second-order valence-electron chi connectivity index (χ2n) is 7.48. The Morgan fingerprint density at radius 2 is 1.90 bits per heavy atom. The molecule has 0 aromatic carbocycles. The molecule has 0 aliphatic heterocycles. The zero-order valence-electron chi connectivity index (χ0n) is 14.2. The summed E-state index contributed by atoms with van der Waals surface area (Å²) in [6.45, 7) is 8.53. The third kappa shape index (κ3) is 5.66. The van der Waals surface area contributed by atoms with Crippen LogP contribution >= 0.6 is 0 Å². The van der Waals surface area contributed by atoms with Crippen molar-refractivity contribution in [3.8, 4) is 0 Å². The molecule has 1 saturated carbocycles. The second kappa shape index (κ2) is 7.26. The van der Waals surface area contributed by atoms with Crippen LogP contribution in [0, 0.1) is 5.92 Å². The van der Waals surface area contributed by atoms with E-state index in [1.165, 1.54) is 32.1 Å². The highest BCUT2D eigenvalue weighted by molar-refractivity contribution is 5.38. The standard InChI is InChI=1S/C18H31N3/c1-18(2,3)19-13-16-11-8-12-17(20-16)21(4)14-15-9-6-5-7-10-15/h8,11-12,15,19H,5-7,9-10,13-14H2,1-4H3. The molecule has 1 aromatic rings. The molecule has 1 aliphatic carbocycles. The van der Waals surface area contributed by atoms with Gasteiger partial charge in [0, 0.05) is 25.7 Å². The first-order chi connectivity index (χ1) is 9.94. The van der Waals surface area contributed by atoms with E-state index in [1.54, 1.807) is 0 Å². The molecule has 3 nitrogen and oxygen atoms in total. The van der Waals surface area contributed by atoms with Crippen LogP contribution in [0.25, 0.3) is 0 Å². The van der Waals surface area contributed by atoms with E-state index < -0.39 is 0 Å². The number of pyridine rings is 1. The molecule has 3 heteroatoms. The minimum absolute atomic E-state index is 0.131. The molecule has 0 bridgehead atoms. The average molecular weight is 289 g/mol. The molecular weight excluding hydrogens is 258 g/mol. The molecule has 21 heavy (non-hydrogen) atoms. The number of rotatable bonds is 5. The van der Waals surface area contributed by atoms with Crippen molar-refractivity contribution in [2.75, 3.05) is 18.5 Å². The summed E-state index contributed by atoms with van der Waals surface area (Å²) in [5, 5.41) is 3.50. The zero-order chi connectivity index (χ0) is 15.3. The lowest BCUT2D eigenvalue weighted by Gasteiger charge is -2.28. The highest BCUT2D eigenvalue weighted by atomic mass is 15.2. The lowest BCUT2D eigenvalue weighted by molar-refractivity contribution is 0.361. The largest absolute Gasteiger partial charge is 0.359 e. The highest BCUT2D eigenvalue weighted by Gasteiger charge is 2.16. The van der Waals surface area contributed by atoms with Gasteiger partial charge in [-0.05, 0) is 51.7 Å². The summed E-state index contributed by atoms with van der Waals surface area (Å²) >= 11 is 0. The third-order valence-electron chi connectivity index (χ3n) is 4.24. The quantitative estimate of drug-likeness (QED) is 0.888. The Balaban J connectivity index is 1.92. The van der Waals surface area contributed by atoms with Crippen molar-refractivity contribution in [3.05, 3.63) is 23.9 Å². The maximum atomic E-state index is 4.80. The maximum Gasteiger partial charge on any atom is 0.128 e. The first-order valence-corrected chi connectivity index (χ1v) is 8.36. The van der Waals surface area contributed by atoms with Crippen LogP contribution in [-0.2, 0) is 6.54 Å². The Morgan fingerprint density at radius 1 is 1.19 bits per heavy atom. The first kappa shape index (κ1) is 16.3. The number of hydrogen-bond acceptors (Lipinski definition) is 3. The molecule has 0 saturated heterocycles. The van der Waals surface area contributed by atoms with Crippen LogP contribution in [0.3, 0.4) is 0 Å². The lowest BCUT2D eigenvalue weighted by Crippen LogP contribution is -2.35. The Bertz CT molecular complexity index is 430. The van der Waals surface area contributed by atoms with E-state index in [4.69, 9.17) is 4.98 Å². The highest BCUT2D eigenvalue weighted by Crippen LogP contribution is 2.25. The molecule has 0 spiro atoms. The summed E-state index contributed by atoms with van der Waals surface area (Å²) in [7, 11) is 2.18. The van der Waals surface area contributed by atoms with Gasteiger partial charge in [0.1, 0.15) is 5.82 Å². The van der Waals surface area contributed by atoms with Gasteiger partial charge >= 0.3 is 0 Å². The van der Waals surface area contributed by atoms with E-state index in [1.807, 2.05) is 0 Å². The van der Waals surface area contributed by atoms with Gasteiger partial charge in [-0.2, -0.15) is 0 Å². The summed E-state index contributed by atoms with van der Waals surface area (Å²) in [6.07, 6.45) is 7.00. The van der Waals surface area contributed by atoms with Crippen LogP contribution in [-0.4, -0.2) is 24.1 Å². The van der Waals surface area contributed by atoms with Gasteiger partial charge in [-0.1, -0.05) is 25.3 Å². The van der Waals surface area contributed by atoms with E-state index in [0.717, 1.165) is 30.5 Å². The number of hydrogen-bond donors (Lipinski definition) is 1. The molecule has 1 N–H and O–H groups in total. The van der Waals surface area contributed by atoms with Crippen LogP contribution < -0.4 is 10.2 Å². The predicted molar refractivity (Wildman–Crippen MR) is 90.7 cm³/mol. The minimum Gasteiger partial charge on any atom is -0.359 e. The van der Waals surface area contributed by atoms with Gasteiger partial charge in [0.15, 0.2) is 0 Å². The van der Waals surface area contributed by atoms with E-state index in [-0.39, 0.29) is 5.54 Å². The molecule has 2 rings (SSSR count). The summed E-state index contributed by atoms with van der Waals surface area (Å²) in [5.74, 6) is 1.95. The molecule has 1 fully saturated rings. The fourth-order valence-electron chi connectivity index (χ4n) is 2.98. The topological polar surface area (TPSA) is 28.2 Å². The van der Waals surface area contributed by atoms with Crippen LogP contribution in [0.2, 0.25) is 0 Å². The second-order valence-corrected chi connectivity index (χ2v) is 7.48. The van der Waals surface area contributed by atoms with Gasteiger partial charge in [0.05, 0.1) is 5.69 Å². The summed E-state index contributed by atoms with van der Waals surface area (Å²) in [6, 6.07) is 6.36. The number of nitrogens with zero attached hydrogens (tertiary/aromatic N) is 2. The normalized spacial score (nSPS) is 17.0. The van der Waals surface area contributed by atoms with E-state index >= 15 is 0 Å². The first-order valence-electron chi connectivity index (χ1n) is 8.36. The Morgan fingerprint density at radius 3 is 2.57 bits per heavy atom. The zero-order valence-corrected chi connectivity index (χ0v) is 14.2. The van der Waals surface area contributed by atoms with Crippen LogP contribution in [0.15, 0.2) is 18.2 Å². The maximum absolute atomic E-state index is 4.80. The Hall–Kier alpha value is -1.09. The number of nitrogens with one attached hydrogen (secondary N) is 1. The lowest BCUT2D eigenvalue weighted by atomic mass is 9.89. The number of anilines is 1.